The second-order valence-electron chi connectivity index (χ2n) is 17.0. The Morgan fingerprint density at radius 2 is 1.82 bits per heavy atom. The van der Waals surface area contributed by atoms with Gasteiger partial charge in [0.25, 0.3) is 5.91 Å². The van der Waals surface area contributed by atoms with E-state index in [4.69, 9.17) is 21.1 Å². The molecule has 0 unspecified atom stereocenters. The van der Waals surface area contributed by atoms with Crippen LogP contribution in [0.1, 0.15) is 74.4 Å². The van der Waals surface area contributed by atoms with Crippen LogP contribution in [-0.2, 0) is 31.4 Å². The van der Waals surface area contributed by atoms with Crippen molar-refractivity contribution >= 4 is 39.1 Å². The lowest BCUT2D eigenvalue weighted by atomic mass is 9.70. The van der Waals surface area contributed by atoms with Gasteiger partial charge >= 0.3 is 0 Å². The van der Waals surface area contributed by atoms with E-state index < -0.39 is 44.4 Å². The fraction of sp³-hybridized carbons (Fsp3) is 0.610. The molecule has 55 heavy (non-hydrogen) atoms. The van der Waals surface area contributed by atoms with Gasteiger partial charge in [-0.05, 0) is 106 Å². The largest absolute Gasteiger partial charge is 0.490 e. The van der Waals surface area contributed by atoms with Crippen molar-refractivity contribution in [3.05, 3.63) is 70.0 Å². The number of hydrogen-bond acceptors (Lipinski definition) is 9. The van der Waals surface area contributed by atoms with Crippen LogP contribution in [-0.4, -0.2) is 123 Å². The molecule has 6 aliphatic rings. The van der Waals surface area contributed by atoms with Gasteiger partial charge < -0.3 is 19.3 Å². The molecule has 0 aromatic heterocycles. The standard InChI is InChI=1S/C41H53ClFN5O6S/c1-27-8-12-34(43)37(39(50)46-23-40(3,24-46)47-16-18-53-19-17-47)48-15-5-7-32(48)22-45-25-41(14-4-6-29-20-31(42)10-11-33(29)41)26-54-36-13-9-30(21-35(36)45)38(49)44-55(51,52)28(27)2/h9-13,20-21,27-28,32,37H,4-8,14-19,22-26H2,1-3H3,(H,44,49)/b34-12-/t27-,28+,32-,37+,41-/m0/s1. The summed E-state index contributed by atoms with van der Waals surface area (Å²) in [4.78, 5) is 36.7. The van der Waals surface area contributed by atoms with Gasteiger partial charge in [0.15, 0.2) is 0 Å². The van der Waals surface area contributed by atoms with Crippen LogP contribution < -0.4 is 14.4 Å². The minimum Gasteiger partial charge on any atom is -0.490 e. The molecular formula is C41H53ClFN5O6S. The first-order chi connectivity index (χ1) is 26.3. The number of hydrogen-bond donors (Lipinski definition) is 1. The predicted octanol–water partition coefficient (Wildman–Crippen LogP) is 4.92. The van der Waals surface area contributed by atoms with Crippen molar-refractivity contribution in [1.82, 2.24) is 19.4 Å². The lowest BCUT2D eigenvalue weighted by Crippen LogP contribution is -2.72. The minimum atomic E-state index is -4.14. The maximum absolute atomic E-state index is 16.9. The number of allylic oxidation sites excluding steroid dienone is 1. The third-order valence-corrected chi connectivity index (χ3v) is 15.5. The summed E-state index contributed by atoms with van der Waals surface area (Å²) in [5, 5.41) is -0.320. The Morgan fingerprint density at radius 1 is 1.04 bits per heavy atom. The first kappa shape index (κ1) is 38.6. The maximum Gasteiger partial charge on any atom is 0.264 e. The molecule has 2 bridgehead atoms. The second kappa shape index (κ2) is 14.9. The van der Waals surface area contributed by atoms with Crippen LogP contribution in [0.4, 0.5) is 10.1 Å². The summed E-state index contributed by atoms with van der Waals surface area (Å²) in [6, 6.07) is 9.84. The molecule has 2 aromatic carbocycles. The number of aryl methyl sites for hydroxylation is 1. The molecule has 298 valence electrons. The Bertz CT molecular complexity index is 1970. The normalized spacial score (nSPS) is 32.2. The maximum atomic E-state index is 16.9. The molecule has 1 N–H and O–H groups in total. The number of amides is 2. The summed E-state index contributed by atoms with van der Waals surface area (Å²) < 4.78 is 58.6. The highest BCUT2D eigenvalue weighted by Crippen LogP contribution is 2.45. The SMILES string of the molecule is C[C@@H]1[C@@H](C)C/C=C(\F)[C@H](C(=O)N2CC(C)(N3CCOCC3)C2)N2CCC[C@H]2CN2C[C@@]3(CCCc4cc(Cl)ccc43)COc3ccc(cc32)C(=O)NS1(=O)=O. The lowest BCUT2D eigenvalue weighted by molar-refractivity contribution is -0.154. The number of benzene rings is 2. The number of nitrogens with zero attached hydrogens (tertiary/aromatic N) is 4. The van der Waals surface area contributed by atoms with E-state index in [-0.39, 0.29) is 29.5 Å². The van der Waals surface area contributed by atoms with E-state index >= 15 is 4.39 Å². The molecule has 3 fully saturated rings. The van der Waals surface area contributed by atoms with E-state index in [1.807, 2.05) is 17.0 Å². The molecule has 0 radical (unpaired) electrons. The number of halogens is 2. The van der Waals surface area contributed by atoms with Crippen LogP contribution in [0.5, 0.6) is 5.75 Å². The molecule has 11 nitrogen and oxygen atoms in total. The van der Waals surface area contributed by atoms with Crippen LogP contribution >= 0.6 is 11.6 Å². The number of nitrogens with one attached hydrogen (secondary N) is 1. The number of fused-ring (bicyclic) bond motifs is 4. The number of carbonyl (C=O) groups excluding carboxylic acids is 2. The molecule has 0 saturated carbocycles. The molecule has 2 amide bonds. The number of rotatable bonds is 2. The van der Waals surface area contributed by atoms with E-state index in [1.54, 1.807) is 30.0 Å². The van der Waals surface area contributed by atoms with Crippen molar-refractivity contribution < 1.29 is 31.9 Å². The van der Waals surface area contributed by atoms with Crippen molar-refractivity contribution in [2.75, 3.05) is 70.5 Å². The zero-order chi connectivity index (χ0) is 38.7. The number of carbonyl (C=O) groups is 2. The van der Waals surface area contributed by atoms with Gasteiger partial charge in [-0.15, -0.1) is 0 Å². The Labute approximate surface area is 329 Å². The minimum absolute atomic E-state index is 0.0874. The third-order valence-electron chi connectivity index (χ3n) is 13.3. The molecule has 2 aromatic rings. The van der Waals surface area contributed by atoms with Gasteiger partial charge in [0.05, 0.1) is 36.3 Å². The molecule has 5 aliphatic heterocycles. The molecule has 1 spiro atoms. The van der Waals surface area contributed by atoms with Crippen molar-refractivity contribution in [3.8, 4) is 5.75 Å². The topological polar surface area (TPSA) is 112 Å². The highest BCUT2D eigenvalue weighted by molar-refractivity contribution is 7.90. The zero-order valence-electron chi connectivity index (χ0n) is 32.1. The fourth-order valence-electron chi connectivity index (χ4n) is 9.92. The number of morpholine rings is 1. The summed E-state index contributed by atoms with van der Waals surface area (Å²) in [6.45, 7) is 11.3. The summed E-state index contributed by atoms with van der Waals surface area (Å²) >= 11 is 6.47. The highest BCUT2D eigenvalue weighted by Gasteiger charge is 2.50. The molecule has 5 heterocycles. The fourth-order valence-corrected chi connectivity index (χ4v) is 11.4. The van der Waals surface area contributed by atoms with Crippen molar-refractivity contribution in [2.24, 2.45) is 5.92 Å². The average Bonchev–Trinajstić information content (AvgIpc) is 3.54. The van der Waals surface area contributed by atoms with E-state index in [0.29, 0.717) is 69.0 Å². The predicted molar refractivity (Wildman–Crippen MR) is 210 cm³/mol. The van der Waals surface area contributed by atoms with Gasteiger partial charge in [-0.1, -0.05) is 30.7 Å². The van der Waals surface area contributed by atoms with Gasteiger partial charge in [0, 0.05) is 61.3 Å². The second-order valence-corrected chi connectivity index (χ2v) is 19.5. The number of ether oxygens (including phenoxy) is 2. The van der Waals surface area contributed by atoms with Crippen molar-refractivity contribution in [1.29, 1.82) is 0 Å². The van der Waals surface area contributed by atoms with Crippen LogP contribution in [0.3, 0.4) is 0 Å². The Hall–Kier alpha value is -3.23. The zero-order valence-corrected chi connectivity index (χ0v) is 33.6. The van der Waals surface area contributed by atoms with Gasteiger partial charge in [-0.2, -0.15) is 0 Å². The highest BCUT2D eigenvalue weighted by atomic mass is 35.5. The van der Waals surface area contributed by atoms with Crippen LogP contribution in [0.25, 0.3) is 0 Å². The monoisotopic (exact) mass is 797 g/mol. The number of sulfonamides is 1. The van der Waals surface area contributed by atoms with Crippen molar-refractivity contribution in [2.45, 2.75) is 87.6 Å². The van der Waals surface area contributed by atoms with Gasteiger partial charge in [-0.3, -0.25) is 19.4 Å². The summed E-state index contributed by atoms with van der Waals surface area (Å²) in [6.07, 6.45) is 5.79. The lowest BCUT2D eigenvalue weighted by Gasteiger charge is -2.55. The van der Waals surface area contributed by atoms with Crippen molar-refractivity contribution in [3.63, 3.8) is 0 Å². The van der Waals surface area contributed by atoms with E-state index in [0.717, 1.165) is 45.2 Å². The molecule has 1 aliphatic carbocycles. The van der Waals surface area contributed by atoms with Gasteiger partial charge in [0.2, 0.25) is 15.9 Å². The van der Waals surface area contributed by atoms with E-state index in [1.165, 1.54) is 24.1 Å². The Morgan fingerprint density at radius 3 is 2.60 bits per heavy atom. The molecular weight excluding hydrogens is 745 g/mol. The van der Waals surface area contributed by atoms with E-state index in [9.17, 15) is 18.0 Å². The molecule has 5 atom stereocenters. The average molecular weight is 798 g/mol. The number of likely N-dealkylation sites (tertiary alicyclic amines) is 1. The van der Waals surface area contributed by atoms with E-state index in [2.05, 4.69) is 27.5 Å². The Kier molecular flexibility index (Phi) is 10.5. The van der Waals surface area contributed by atoms with Crippen LogP contribution in [0.15, 0.2) is 48.3 Å². The van der Waals surface area contributed by atoms with Crippen LogP contribution in [0.2, 0.25) is 5.02 Å². The van der Waals surface area contributed by atoms with Crippen LogP contribution in [0, 0.1) is 5.92 Å². The number of anilines is 1. The molecule has 8 rings (SSSR count). The summed E-state index contributed by atoms with van der Waals surface area (Å²) in [7, 11) is -4.14. The first-order valence-electron chi connectivity index (χ1n) is 19.9. The quantitative estimate of drug-likeness (QED) is 0.453. The van der Waals surface area contributed by atoms with Gasteiger partial charge in [-0.25, -0.2) is 17.5 Å². The summed E-state index contributed by atoms with van der Waals surface area (Å²) in [5.41, 5.74) is 2.65. The first-order valence-corrected chi connectivity index (χ1v) is 21.8. The molecule has 3 saturated heterocycles. The van der Waals surface area contributed by atoms with Gasteiger partial charge in [0.1, 0.15) is 17.6 Å². The smallest absolute Gasteiger partial charge is 0.264 e. The molecule has 14 heteroatoms. The third kappa shape index (κ3) is 7.28. The summed E-state index contributed by atoms with van der Waals surface area (Å²) in [5.74, 6) is -1.49. The Balaban J connectivity index is 1.18.